The highest BCUT2D eigenvalue weighted by Crippen LogP contribution is 2.34. The third-order valence-electron chi connectivity index (χ3n) is 6.47. The van der Waals surface area contributed by atoms with Crippen molar-refractivity contribution in [2.45, 2.75) is 50.7 Å². The lowest BCUT2D eigenvalue weighted by Crippen LogP contribution is -2.53. The molecule has 0 bridgehead atoms. The lowest BCUT2D eigenvalue weighted by molar-refractivity contribution is -0.140. The Kier molecular flexibility index (Phi) is 11.5. The maximum absolute atomic E-state index is 14.2. The molecule has 0 fully saturated rings. The zero-order chi connectivity index (χ0) is 31.0. The van der Waals surface area contributed by atoms with E-state index in [9.17, 15) is 18.0 Å². The number of hydrogen-bond donors (Lipinski definition) is 1. The van der Waals surface area contributed by atoms with Crippen LogP contribution in [0.5, 0.6) is 11.5 Å². The summed E-state index contributed by atoms with van der Waals surface area (Å²) in [7, 11) is -1.36. The summed E-state index contributed by atoms with van der Waals surface area (Å²) >= 11 is 12.9. The maximum atomic E-state index is 14.2. The van der Waals surface area contributed by atoms with Crippen molar-refractivity contribution in [2.75, 3.05) is 25.1 Å². The van der Waals surface area contributed by atoms with E-state index < -0.39 is 28.5 Å². The second-order valence-electron chi connectivity index (χ2n) is 9.67. The van der Waals surface area contributed by atoms with E-state index in [1.807, 2.05) is 13.8 Å². The van der Waals surface area contributed by atoms with Gasteiger partial charge in [-0.15, -0.1) is 0 Å². The van der Waals surface area contributed by atoms with Crippen molar-refractivity contribution in [1.82, 2.24) is 10.2 Å². The molecule has 226 valence electrons. The number of rotatable bonds is 13. The molecule has 1 N–H and O–H groups in total. The average molecular weight is 637 g/mol. The number of ether oxygens (including phenoxy) is 2. The summed E-state index contributed by atoms with van der Waals surface area (Å²) in [6.07, 6.45) is 0.258. The summed E-state index contributed by atoms with van der Waals surface area (Å²) in [6, 6.07) is 16.1. The van der Waals surface area contributed by atoms with Gasteiger partial charge in [-0.25, -0.2) is 8.42 Å². The number of halogens is 2. The van der Waals surface area contributed by atoms with Gasteiger partial charge in [-0.2, -0.15) is 0 Å². The topological polar surface area (TPSA) is 105 Å². The molecule has 3 aromatic rings. The minimum absolute atomic E-state index is 0.0159. The van der Waals surface area contributed by atoms with Crippen LogP contribution in [0.1, 0.15) is 32.8 Å². The normalized spacial score (nSPS) is 12.0. The fourth-order valence-electron chi connectivity index (χ4n) is 4.38. The standard InChI is InChI=1S/C30H35Cl2N3O6S/c1-6-26(30(37)33-20(2)3)34(18-23-24(31)13-10-14-25(23)32)29(36)19-35(42(38,39)22-11-8-7-9-12-22)21-15-16-27(40-4)28(17-21)41-5/h7-17,20,26H,6,18-19H2,1-5H3,(H,33,37)/t26-/m0/s1. The number of carbonyl (C=O) groups excluding carboxylic acids is 2. The van der Waals surface area contributed by atoms with Gasteiger partial charge < -0.3 is 19.7 Å². The molecule has 0 heterocycles. The van der Waals surface area contributed by atoms with Crippen LogP contribution in [-0.2, 0) is 26.2 Å². The van der Waals surface area contributed by atoms with E-state index in [1.54, 1.807) is 49.4 Å². The molecule has 0 aliphatic heterocycles. The first-order valence-corrected chi connectivity index (χ1v) is 15.5. The van der Waals surface area contributed by atoms with Crippen molar-refractivity contribution in [3.63, 3.8) is 0 Å². The molecule has 12 heteroatoms. The number of amides is 2. The summed E-state index contributed by atoms with van der Waals surface area (Å²) in [5, 5.41) is 3.48. The minimum Gasteiger partial charge on any atom is -0.493 e. The number of benzene rings is 3. The van der Waals surface area contributed by atoms with Crippen LogP contribution in [0.2, 0.25) is 10.0 Å². The Balaban J connectivity index is 2.15. The fraction of sp³-hybridized carbons (Fsp3) is 0.333. The molecule has 0 aliphatic rings. The fourth-order valence-corrected chi connectivity index (χ4v) is 6.33. The highest BCUT2D eigenvalue weighted by atomic mass is 35.5. The van der Waals surface area contributed by atoms with Crippen molar-refractivity contribution in [1.29, 1.82) is 0 Å². The summed E-state index contributed by atoms with van der Waals surface area (Å²) in [4.78, 5) is 28.8. The van der Waals surface area contributed by atoms with E-state index in [4.69, 9.17) is 32.7 Å². The smallest absolute Gasteiger partial charge is 0.264 e. The summed E-state index contributed by atoms with van der Waals surface area (Å²) in [5.41, 5.74) is 0.605. The lowest BCUT2D eigenvalue weighted by Gasteiger charge is -2.34. The minimum atomic E-state index is -4.25. The second-order valence-corrected chi connectivity index (χ2v) is 12.3. The molecule has 0 radical (unpaired) electrons. The van der Waals surface area contributed by atoms with E-state index in [2.05, 4.69) is 5.32 Å². The number of carbonyl (C=O) groups is 2. The Morgan fingerprint density at radius 2 is 1.52 bits per heavy atom. The van der Waals surface area contributed by atoms with Gasteiger partial charge in [0, 0.05) is 34.3 Å². The van der Waals surface area contributed by atoms with Crippen LogP contribution in [0, 0.1) is 0 Å². The number of nitrogens with one attached hydrogen (secondary N) is 1. The van der Waals surface area contributed by atoms with Gasteiger partial charge in [0.25, 0.3) is 10.0 Å². The van der Waals surface area contributed by atoms with Crippen molar-refractivity contribution < 1.29 is 27.5 Å². The van der Waals surface area contributed by atoms with E-state index in [-0.39, 0.29) is 41.2 Å². The summed E-state index contributed by atoms with van der Waals surface area (Å²) in [5.74, 6) is -0.354. The van der Waals surface area contributed by atoms with E-state index in [0.717, 1.165) is 4.31 Å². The number of hydrogen-bond acceptors (Lipinski definition) is 6. The Morgan fingerprint density at radius 1 is 0.905 bits per heavy atom. The molecule has 0 spiro atoms. The largest absolute Gasteiger partial charge is 0.493 e. The zero-order valence-corrected chi connectivity index (χ0v) is 26.5. The zero-order valence-electron chi connectivity index (χ0n) is 24.1. The Labute approximate surface area is 257 Å². The SMILES string of the molecule is CC[C@@H](C(=O)NC(C)C)N(Cc1c(Cl)cccc1Cl)C(=O)CN(c1ccc(OC)c(OC)c1)S(=O)(=O)c1ccccc1. The van der Waals surface area contributed by atoms with Gasteiger partial charge in [-0.3, -0.25) is 13.9 Å². The van der Waals surface area contributed by atoms with Gasteiger partial charge in [-0.05, 0) is 56.7 Å². The van der Waals surface area contributed by atoms with Crippen LogP contribution < -0.4 is 19.1 Å². The van der Waals surface area contributed by atoms with Gasteiger partial charge >= 0.3 is 0 Å². The summed E-state index contributed by atoms with van der Waals surface area (Å²) in [6.45, 7) is 4.65. The lowest BCUT2D eigenvalue weighted by atomic mass is 10.1. The Hall–Kier alpha value is -3.47. The number of methoxy groups -OCH3 is 2. The molecule has 1 atom stereocenters. The molecular formula is C30H35Cl2N3O6S. The van der Waals surface area contributed by atoms with Crippen molar-refractivity contribution in [3.8, 4) is 11.5 Å². The molecule has 9 nitrogen and oxygen atoms in total. The predicted molar refractivity (Wildman–Crippen MR) is 165 cm³/mol. The van der Waals surface area contributed by atoms with Crippen molar-refractivity contribution in [2.24, 2.45) is 0 Å². The Morgan fingerprint density at radius 3 is 2.07 bits per heavy atom. The molecule has 0 aromatic heterocycles. The van der Waals surface area contributed by atoms with Crippen LogP contribution >= 0.6 is 23.2 Å². The first-order valence-electron chi connectivity index (χ1n) is 13.3. The molecule has 2 amide bonds. The molecular weight excluding hydrogens is 601 g/mol. The monoisotopic (exact) mass is 635 g/mol. The van der Waals surface area contributed by atoms with Crippen molar-refractivity contribution >= 4 is 50.7 Å². The van der Waals surface area contributed by atoms with Gasteiger partial charge in [0.15, 0.2) is 11.5 Å². The molecule has 3 rings (SSSR count). The van der Waals surface area contributed by atoms with E-state index in [0.29, 0.717) is 21.4 Å². The van der Waals surface area contributed by atoms with Gasteiger partial charge in [0.1, 0.15) is 12.6 Å². The third-order valence-corrected chi connectivity index (χ3v) is 8.97. The maximum Gasteiger partial charge on any atom is 0.264 e. The predicted octanol–water partition coefficient (Wildman–Crippen LogP) is 5.54. The number of anilines is 1. The highest BCUT2D eigenvalue weighted by molar-refractivity contribution is 7.92. The molecule has 0 saturated heterocycles. The van der Waals surface area contributed by atoms with Crippen LogP contribution in [0.15, 0.2) is 71.6 Å². The quantitative estimate of drug-likeness (QED) is 0.264. The van der Waals surface area contributed by atoms with Crippen LogP contribution in [0.25, 0.3) is 0 Å². The van der Waals surface area contributed by atoms with E-state index in [1.165, 1.54) is 43.4 Å². The molecule has 42 heavy (non-hydrogen) atoms. The molecule has 3 aromatic carbocycles. The van der Waals surface area contributed by atoms with Gasteiger partial charge in [0.05, 0.1) is 24.8 Å². The molecule has 0 unspecified atom stereocenters. The first-order chi connectivity index (χ1) is 19.9. The number of sulfonamides is 1. The molecule has 0 aliphatic carbocycles. The second kappa shape index (κ2) is 14.6. The average Bonchev–Trinajstić information content (AvgIpc) is 2.96. The molecule has 0 saturated carbocycles. The highest BCUT2D eigenvalue weighted by Gasteiger charge is 2.34. The van der Waals surface area contributed by atoms with Crippen LogP contribution in [0.4, 0.5) is 5.69 Å². The Bertz CT molecular complexity index is 1480. The van der Waals surface area contributed by atoms with Gasteiger partial charge in [0.2, 0.25) is 11.8 Å². The first kappa shape index (κ1) is 33.0. The third kappa shape index (κ3) is 7.67. The van der Waals surface area contributed by atoms with Crippen molar-refractivity contribution in [3.05, 3.63) is 82.3 Å². The van der Waals surface area contributed by atoms with Gasteiger partial charge in [-0.1, -0.05) is 54.4 Å². The van der Waals surface area contributed by atoms with Crippen LogP contribution in [-0.4, -0.2) is 58.0 Å². The number of nitrogens with zero attached hydrogens (tertiary/aromatic N) is 2. The summed E-state index contributed by atoms with van der Waals surface area (Å²) < 4.78 is 39.7. The van der Waals surface area contributed by atoms with E-state index >= 15 is 0 Å². The van der Waals surface area contributed by atoms with Crippen LogP contribution in [0.3, 0.4) is 0 Å².